The van der Waals surface area contributed by atoms with Crippen molar-refractivity contribution >= 4 is 103 Å². The molecule has 11 rings (SSSR count). The van der Waals surface area contributed by atoms with Gasteiger partial charge in [0.05, 0.1) is 16.7 Å². The van der Waals surface area contributed by atoms with Crippen molar-refractivity contribution in [1.29, 1.82) is 0 Å². The number of furan rings is 1. The molecule has 0 bridgehead atoms. The maximum Gasteiger partial charge on any atom is 0.143 e. The molecule has 0 saturated heterocycles. The number of nitrogens with zero attached hydrogens (tertiary/aromatic N) is 2. The predicted octanol–water partition coefficient (Wildman–Crippen LogP) is 13.7. The van der Waals surface area contributed by atoms with Crippen molar-refractivity contribution in [2.45, 2.75) is 0 Å². The first kappa shape index (κ1) is 27.6. The zero-order valence-electron chi connectivity index (χ0n) is 26.9. The molecule has 234 valence electrons. The Bertz CT molecular complexity index is 3110. The van der Waals surface area contributed by atoms with Crippen LogP contribution in [0.1, 0.15) is 0 Å². The fraction of sp³-hybridized carbons (Fsp3) is 0. The van der Waals surface area contributed by atoms with Gasteiger partial charge in [0.25, 0.3) is 0 Å². The molecule has 11 aromatic rings. The third kappa shape index (κ3) is 3.97. The maximum atomic E-state index is 6.56. The molecule has 0 unspecified atom stereocenters. The minimum absolute atomic E-state index is 0.908. The molecule has 3 aromatic heterocycles. The summed E-state index contributed by atoms with van der Waals surface area (Å²) in [5, 5.41) is 9.55. The van der Waals surface area contributed by atoms with Gasteiger partial charge in [0.2, 0.25) is 0 Å². The predicted molar refractivity (Wildman–Crippen MR) is 213 cm³/mol. The number of fused-ring (bicyclic) bond motifs is 11. The average molecular weight is 657 g/mol. The van der Waals surface area contributed by atoms with Crippen LogP contribution < -0.4 is 4.90 Å². The summed E-state index contributed by atoms with van der Waals surface area (Å²) < 4.78 is 11.5. The molecule has 0 radical (unpaired) electrons. The molecule has 50 heavy (non-hydrogen) atoms. The molecule has 0 atom stereocenters. The third-order valence-electron chi connectivity index (χ3n) is 10.2. The van der Waals surface area contributed by atoms with E-state index in [1.807, 2.05) is 17.4 Å². The topological polar surface area (TPSA) is 21.3 Å². The second-order valence-corrected chi connectivity index (χ2v) is 14.0. The molecule has 8 aromatic carbocycles. The zero-order valence-corrected chi connectivity index (χ0v) is 27.7. The van der Waals surface area contributed by atoms with E-state index in [0.29, 0.717) is 0 Å². The fourth-order valence-corrected chi connectivity index (χ4v) is 9.09. The number of thiophene rings is 1. The SMILES string of the molecule is c1ccc(-n2c3ccccc3c3c(N(c4ccc5c(c4)sc4ccccc45)c4ccc5ccc6c7ccccc7oc6c5c4)cccc32)cc1. The van der Waals surface area contributed by atoms with E-state index in [9.17, 15) is 0 Å². The molecule has 0 amide bonds. The Hall–Kier alpha value is -6.36. The summed E-state index contributed by atoms with van der Waals surface area (Å²) in [6, 6.07) is 61.3. The smallest absolute Gasteiger partial charge is 0.143 e. The summed E-state index contributed by atoms with van der Waals surface area (Å²) in [6.45, 7) is 0. The zero-order chi connectivity index (χ0) is 32.8. The van der Waals surface area contributed by atoms with Crippen LogP contribution in [0.3, 0.4) is 0 Å². The van der Waals surface area contributed by atoms with E-state index in [-0.39, 0.29) is 0 Å². The molecule has 4 heteroatoms. The van der Waals surface area contributed by atoms with Crippen LogP contribution in [-0.4, -0.2) is 4.57 Å². The van der Waals surface area contributed by atoms with Gasteiger partial charge in [0.1, 0.15) is 11.2 Å². The van der Waals surface area contributed by atoms with Crippen LogP contribution in [0.2, 0.25) is 0 Å². The van der Waals surface area contributed by atoms with Gasteiger partial charge in [-0.3, -0.25) is 0 Å². The quantitative estimate of drug-likeness (QED) is 0.188. The van der Waals surface area contributed by atoms with E-state index >= 15 is 0 Å². The molecular weight excluding hydrogens is 629 g/mol. The van der Waals surface area contributed by atoms with Gasteiger partial charge in [-0.2, -0.15) is 0 Å². The first-order valence-corrected chi connectivity index (χ1v) is 17.7. The Morgan fingerprint density at radius 1 is 0.460 bits per heavy atom. The molecular formula is C46H28N2OS. The van der Waals surface area contributed by atoms with Crippen LogP contribution in [-0.2, 0) is 0 Å². The van der Waals surface area contributed by atoms with Gasteiger partial charge in [-0.15, -0.1) is 11.3 Å². The number of anilines is 3. The number of aromatic nitrogens is 1. The second-order valence-electron chi connectivity index (χ2n) is 12.9. The standard InChI is InChI=1S/C46H28N2OS/c1-2-11-30(12-3-1)48-39-16-7-4-15-37(39)45-40(17-10-18-41(45)48)47(32-24-26-35-34-14-6-9-20-43(34)50-44(35)28-32)31-23-21-29-22-25-36-33-13-5-8-19-42(33)49-46(36)38(29)27-31/h1-28H. The Balaban J connectivity index is 1.23. The van der Waals surface area contributed by atoms with Crippen molar-refractivity contribution in [1.82, 2.24) is 4.57 Å². The molecule has 3 nitrogen and oxygen atoms in total. The van der Waals surface area contributed by atoms with Crippen molar-refractivity contribution in [2.24, 2.45) is 0 Å². The maximum absolute atomic E-state index is 6.56. The van der Waals surface area contributed by atoms with Crippen LogP contribution in [0.15, 0.2) is 174 Å². The van der Waals surface area contributed by atoms with E-state index in [1.54, 1.807) is 0 Å². The van der Waals surface area contributed by atoms with Gasteiger partial charge < -0.3 is 13.9 Å². The van der Waals surface area contributed by atoms with Gasteiger partial charge in [0.15, 0.2) is 0 Å². The molecule has 0 saturated carbocycles. The highest BCUT2D eigenvalue weighted by Crippen LogP contribution is 2.46. The number of rotatable bonds is 4. The third-order valence-corrected chi connectivity index (χ3v) is 11.3. The minimum Gasteiger partial charge on any atom is -0.455 e. The molecule has 0 spiro atoms. The molecule has 0 aliphatic heterocycles. The van der Waals surface area contributed by atoms with Crippen LogP contribution in [0.4, 0.5) is 17.1 Å². The summed E-state index contributed by atoms with van der Waals surface area (Å²) in [6.07, 6.45) is 0. The van der Waals surface area contributed by atoms with Crippen LogP contribution in [0.25, 0.3) is 80.4 Å². The normalized spacial score (nSPS) is 12.0. The number of hydrogen-bond donors (Lipinski definition) is 0. The summed E-state index contributed by atoms with van der Waals surface area (Å²) >= 11 is 1.85. The van der Waals surface area contributed by atoms with Gasteiger partial charge in [-0.05, 0) is 78.2 Å². The van der Waals surface area contributed by atoms with E-state index in [1.165, 1.54) is 42.0 Å². The highest BCUT2D eigenvalue weighted by atomic mass is 32.1. The summed E-state index contributed by atoms with van der Waals surface area (Å²) in [5.41, 5.74) is 8.65. The van der Waals surface area contributed by atoms with Gasteiger partial charge in [-0.25, -0.2) is 0 Å². The van der Waals surface area contributed by atoms with E-state index in [2.05, 4.69) is 173 Å². The van der Waals surface area contributed by atoms with Crippen LogP contribution in [0.5, 0.6) is 0 Å². The van der Waals surface area contributed by atoms with Crippen molar-refractivity contribution in [2.75, 3.05) is 4.90 Å². The molecule has 0 aliphatic rings. The van der Waals surface area contributed by atoms with Gasteiger partial charge in [-0.1, -0.05) is 97.1 Å². The van der Waals surface area contributed by atoms with Crippen molar-refractivity contribution in [3.63, 3.8) is 0 Å². The Morgan fingerprint density at radius 2 is 1.14 bits per heavy atom. The average Bonchev–Trinajstić information content (AvgIpc) is 3.85. The van der Waals surface area contributed by atoms with E-state index in [0.717, 1.165) is 55.5 Å². The fourth-order valence-electron chi connectivity index (χ4n) is 7.95. The number of benzene rings is 8. The summed E-state index contributed by atoms with van der Waals surface area (Å²) in [4.78, 5) is 2.44. The lowest BCUT2D eigenvalue weighted by Gasteiger charge is -2.27. The van der Waals surface area contributed by atoms with Crippen molar-refractivity contribution in [3.05, 3.63) is 170 Å². The second kappa shape index (κ2) is 10.6. The Labute approximate surface area is 291 Å². The minimum atomic E-state index is 0.908. The van der Waals surface area contributed by atoms with Crippen LogP contribution in [0, 0.1) is 0 Å². The lowest BCUT2D eigenvalue weighted by atomic mass is 10.0. The van der Waals surface area contributed by atoms with Gasteiger partial charge >= 0.3 is 0 Å². The molecule has 0 N–H and O–H groups in total. The highest BCUT2D eigenvalue weighted by molar-refractivity contribution is 7.25. The Morgan fingerprint density at radius 3 is 2.06 bits per heavy atom. The van der Waals surface area contributed by atoms with Gasteiger partial charge in [0, 0.05) is 64.2 Å². The summed E-state index contributed by atoms with van der Waals surface area (Å²) in [5.74, 6) is 0. The monoisotopic (exact) mass is 656 g/mol. The number of para-hydroxylation sites is 3. The van der Waals surface area contributed by atoms with Crippen molar-refractivity contribution < 1.29 is 4.42 Å². The molecule has 3 heterocycles. The highest BCUT2D eigenvalue weighted by Gasteiger charge is 2.22. The number of hydrogen-bond acceptors (Lipinski definition) is 3. The lowest BCUT2D eigenvalue weighted by molar-refractivity contribution is 0.672. The first-order valence-electron chi connectivity index (χ1n) is 16.9. The molecule has 0 fully saturated rings. The lowest BCUT2D eigenvalue weighted by Crippen LogP contribution is -2.10. The summed E-state index contributed by atoms with van der Waals surface area (Å²) in [7, 11) is 0. The van der Waals surface area contributed by atoms with E-state index < -0.39 is 0 Å². The van der Waals surface area contributed by atoms with E-state index in [4.69, 9.17) is 4.42 Å². The van der Waals surface area contributed by atoms with Crippen LogP contribution >= 0.6 is 11.3 Å². The largest absolute Gasteiger partial charge is 0.455 e. The first-order chi connectivity index (χ1) is 24.8. The Kier molecular flexibility index (Phi) is 5.83. The van der Waals surface area contributed by atoms with Crippen molar-refractivity contribution in [3.8, 4) is 5.69 Å². The molecule has 0 aliphatic carbocycles.